The van der Waals surface area contributed by atoms with Crippen molar-refractivity contribution >= 4 is 34.2 Å². The van der Waals surface area contributed by atoms with E-state index in [1.165, 1.54) is 5.01 Å². The van der Waals surface area contributed by atoms with E-state index in [0.29, 0.717) is 29.6 Å². The van der Waals surface area contributed by atoms with Gasteiger partial charge in [0.25, 0.3) is 0 Å². The predicted octanol–water partition coefficient (Wildman–Crippen LogP) is 2.23. The lowest BCUT2D eigenvalue weighted by molar-refractivity contribution is 0.0858. The summed E-state index contributed by atoms with van der Waals surface area (Å²) in [6.07, 6.45) is 0.834. The monoisotopic (exact) mass is 335 g/mol. The molecule has 6 nitrogen and oxygen atoms in total. The smallest absolute Gasteiger partial charge is 0.305 e. The van der Waals surface area contributed by atoms with Gasteiger partial charge < -0.3 is 14.5 Å². The lowest BCUT2D eigenvalue weighted by atomic mass is 10.1. The molecule has 2 rings (SSSR count). The van der Waals surface area contributed by atoms with E-state index in [2.05, 4.69) is 10.7 Å². The maximum atomic E-state index is 12.4. The van der Waals surface area contributed by atoms with Gasteiger partial charge in [0.05, 0.1) is 0 Å². The number of ether oxygens (including phenoxy) is 1. The molecule has 0 atom stereocenters. The highest BCUT2D eigenvalue weighted by Crippen LogP contribution is 2.24. The molecule has 7 heteroatoms. The summed E-state index contributed by atoms with van der Waals surface area (Å²) in [6, 6.07) is 7.55. The van der Waals surface area contributed by atoms with Crippen molar-refractivity contribution in [1.29, 1.82) is 0 Å². The first-order valence-corrected chi connectivity index (χ1v) is 7.75. The van der Waals surface area contributed by atoms with Crippen molar-refractivity contribution in [1.82, 2.24) is 15.8 Å². The molecule has 1 heterocycles. The quantitative estimate of drug-likeness (QED) is 0.496. The molecule has 0 saturated carbocycles. The van der Waals surface area contributed by atoms with Gasteiger partial charge in [-0.1, -0.05) is 18.2 Å². The summed E-state index contributed by atoms with van der Waals surface area (Å²) >= 11 is 5.22. The number of hydrogen-bond donors (Lipinski definition) is 2. The number of thiocarbonyl (C=S) groups is 1. The molecule has 2 N–H and O–H groups in total. The van der Waals surface area contributed by atoms with Gasteiger partial charge in [-0.25, -0.2) is 0 Å². The molecule has 0 saturated heterocycles. The van der Waals surface area contributed by atoms with Crippen LogP contribution in [-0.2, 0) is 4.74 Å². The number of carbonyl (C=O) groups excluding carboxylic acids is 1. The van der Waals surface area contributed by atoms with Crippen LogP contribution in [0, 0.1) is 6.92 Å². The Balaban J connectivity index is 1.97. The molecule has 0 aliphatic rings. The summed E-state index contributed by atoms with van der Waals surface area (Å²) in [6.45, 7) is 3.20. The highest BCUT2D eigenvalue weighted by atomic mass is 32.1. The molecule has 0 spiro atoms. The maximum absolute atomic E-state index is 12.4. The Morgan fingerprint density at radius 2 is 2.13 bits per heavy atom. The number of benzene rings is 1. The van der Waals surface area contributed by atoms with E-state index in [1.807, 2.05) is 31.2 Å². The normalized spacial score (nSPS) is 10.6. The van der Waals surface area contributed by atoms with Crippen LogP contribution in [0.5, 0.6) is 0 Å². The lowest BCUT2D eigenvalue weighted by Gasteiger charge is -2.21. The molecular formula is C16H21N3O3S. The average Bonchev–Trinajstić information content (AvgIpc) is 2.89. The summed E-state index contributed by atoms with van der Waals surface area (Å²) in [4.78, 5) is 12.4. The van der Waals surface area contributed by atoms with E-state index < -0.39 is 0 Å². The zero-order valence-electron chi connectivity index (χ0n) is 13.5. The van der Waals surface area contributed by atoms with Crippen LogP contribution < -0.4 is 10.7 Å². The van der Waals surface area contributed by atoms with Crippen LogP contribution in [0.4, 0.5) is 0 Å². The number of para-hydroxylation sites is 1. The number of nitrogens with zero attached hydrogens (tertiary/aromatic N) is 1. The minimum absolute atomic E-state index is 0.292. The summed E-state index contributed by atoms with van der Waals surface area (Å²) in [5, 5.41) is 5.88. The van der Waals surface area contributed by atoms with Crippen molar-refractivity contribution < 1.29 is 13.9 Å². The van der Waals surface area contributed by atoms with Gasteiger partial charge in [0, 0.05) is 38.3 Å². The molecule has 1 amide bonds. The fourth-order valence-corrected chi connectivity index (χ4v) is 2.32. The molecule has 1 aromatic carbocycles. The van der Waals surface area contributed by atoms with Gasteiger partial charge >= 0.3 is 5.91 Å². The zero-order chi connectivity index (χ0) is 16.8. The van der Waals surface area contributed by atoms with Crippen LogP contribution in [0.1, 0.15) is 22.5 Å². The zero-order valence-corrected chi connectivity index (χ0v) is 14.3. The van der Waals surface area contributed by atoms with E-state index >= 15 is 0 Å². The Hall–Kier alpha value is -2.12. The summed E-state index contributed by atoms with van der Waals surface area (Å²) < 4.78 is 10.6. The van der Waals surface area contributed by atoms with Gasteiger partial charge in [0.2, 0.25) is 0 Å². The van der Waals surface area contributed by atoms with E-state index in [-0.39, 0.29) is 5.91 Å². The summed E-state index contributed by atoms with van der Waals surface area (Å²) in [5.74, 6) is -0.0394. The van der Waals surface area contributed by atoms with Crippen LogP contribution in [0.15, 0.2) is 28.7 Å². The lowest BCUT2D eigenvalue weighted by Crippen LogP contribution is -2.48. The Bertz CT molecular complexity index is 699. The topological polar surface area (TPSA) is 66.7 Å². The minimum Gasteiger partial charge on any atom is -0.451 e. The Morgan fingerprint density at radius 1 is 1.39 bits per heavy atom. The SMILES string of the molecule is COCCCNC(=S)N(C)NC(=O)c1oc2ccccc2c1C. The summed E-state index contributed by atoms with van der Waals surface area (Å²) in [5.41, 5.74) is 4.21. The number of hydrazine groups is 1. The fourth-order valence-electron chi connectivity index (χ4n) is 2.18. The van der Waals surface area contributed by atoms with Gasteiger partial charge in [-0.3, -0.25) is 15.2 Å². The molecule has 1 aromatic heterocycles. The Morgan fingerprint density at radius 3 is 2.83 bits per heavy atom. The average molecular weight is 335 g/mol. The number of rotatable bonds is 5. The van der Waals surface area contributed by atoms with Crippen molar-refractivity contribution in [2.75, 3.05) is 27.3 Å². The third-order valence-electron chi connectivity index (χ3n) is 3.43. The van der Waals surface area contributed by atoms with Gasteiger partial charge in [0.1, 0.15) is 5.58 Å². The minimum atomic E-state index is -0.331. The summed E-state index contributed by atoms with van der Waals surface area (Å²) in [7, 11) is 3.34. The molecule has 0 fully saturated rings. The number of furan rings is 1. The van der Waals surface area contributed by atoms with Crippen molar-refractivity contribution in [2.24, 2.45) is 0 Å². The van der Waals surface area contributed by atoms with E-state index in [9.17, 15) is 4.79 Å². The first kappa shape index (κ1) is 17.2. The Kier molecular flexibility index (Phi) is 5.95. The van der Waals surface area contributed by atoms with E-state index in [0.717, 1.165) is 17.4 Å². The molecule has 23 heavy (non-hydrogen) atoms. The number of hydrogen-bond acceptors (Lipinski definition) is 4. The number of methoxy groups -OCH3 is 1. The van der Waals surface area contributed by atoms with Gasteiger partial charge in [-0.2, -0.15) is 0 Å². The molecule has 0 unspecified atom stereocenters. The van der Waals surface area contributed by atoms with Crippen LogP contribution >= 0.6 is 12.2 Å². The van der Waals surface area contributed by atoms with Crippen molar-refractivity contribution in [3.05, 3.63) is 35.6 Å². The number of nitrogens with one attached hydrogen (secondary N) is 2. The van der Waals surface area contributed by atoms with Crippen molar-refractivity contribution in [3.8, 4) is 0 Å². The highest BCUT2D eigenvalue weighted by Gasteiger charge is 2.19. The Labute approximate surface area is 140 Å². The highest BCUT2D eigenvalue weighted by molar-refractivity contribution is 7.80. The molecule has 0 bridgehead atoms. The molecule has 124 valence electrons. The van der Waals surface area contributed by atoms with Gasteiger partial charge in [-0.05, 0) is 31.6 Å². The van der Waals surface area contributed by atoms with Crippen LogP contribution in [0.3, 0.4) is 0 Å². The van der Waals surface area contributed by atoms with Gasteiger partial charge in [0.15, 0.2) is 10.9 Å². The standard InChI is InChI=1S/C16H21N3O3S/c1-11-12-7-4-5-8-13(12)22-14(11)15(20)18-19(2)16(23)17-9-6-10-21-3/h4-5,7-8H,6,9-10H2,1-3H3,(H,17,23)(H,18,20). The molecule has 0 radical (unpaired) electrons. The number of fused-ring (bicyclic) bond motifs is 1. The first-order valence-electron chi connectivity index (χ1n) is 7.34. The van der Waals surface area contributed by atoms with Crippen molar-refractivity contribution in [2.45, 2.75) is 13.3 Å². The van der Waals surface area contributed by atoms with Crippen LogP contribution in [-0.4, -0.2) is 43.3 Å². The van der Waals surface area contributed by atoms with Crippen LogP contribution in [0.25, 0.3) is 11.0 Å². The molecular weight excluding hydrogens is 314 g/mol. The second-order valence-electron chi connectivity index (χ2n) is 5.13. The molecule has 0 aliphatic heterocycles. The second-order valence-corrected chi connectivity index (χ2v) is 5.52. The van der Waals surface area contributed by atoms with Gasteiger partial charge in [-0.15, -0.1) is 0 Å². The van der Waals surface area contributed by atoms with Crippen LogP contribution in [0.2, 0.25) is 0 Å². The largest absolute Gasteiger partial charge is 0.451 e. The number of aryl methyl sites for hydroxylation is 1. The van der Waals surface area contributed by atoms with E-state index in [4.69, 9.17) is 21.4 Å². The first-order chi connectivity index (χ1) is 11.0. The number of carbonyl (C=O) groups is 1. The second kappa shape index (κ2) is 7.94. The third-order valence-corrected chi connectivity index (χ3v) is 3.84. The fraction of sp³-hybridized carbons (Fsp3) is 0.375. The predicted molar refractivity (Wildman–Crippen MR) is 93.3 cm³/mol. The number of amides is 1. The molecule has 0 aliphatic carbocycles. The van der Waals surface area contributed by atoms with E-state index in [1.54, 1.807) is 14.2 Å². The van der Waals surface area contributed by atoms with Crippen molar-refractivity contribution in [3.63, 3.8) is 0 Å². The molecule has 2 aromatic rings. The maximum Gasteiger partial charge on any atom is 0.305 e. The third kappa shape index (κ3) is 4.20.